The first kappa shape index (κ1) is 21.6. The number of carbonyl (C=O) groups excluding carboxylic acids is 2. The van der Waals surface area contributed by atoms with Crippen LogP contribution in [0.3, 0.4) is 0 Å². The molecule has 29 heavy (non-hydrogen) atoms. The van der Waals surface area contributed by atoms with Crippen LogP contribution < -0.4 is 11.1 Å². The quantitative estimate of drug-likeness (QED) is 0.275. The highest BCUT2D eigenvalue weighted by Gasteiger charge is 2.24. The molecule has 0 aliphatic carbocycles. The maximum atomic E-state index is 12.9. The summed E-state index contributed by atoms with van der Waals surface area (Å²) in [5, 5.41) is 24.5. The highest BCUT2D eigenvalue weighted by atomic mass is 16.6. The predicted molar refractivity (Wildman–Crippen MR) is 103 cm³/mol. The number of rotatable bonds is 9. The van der Waals surface area contributed by atoms with Gasteiger partial charge in [0.25, 0.3) is 23.2 Å². The van der Waals surface area contributed by atoms with Gasteiger partial charge in [0.05, 0.1) is 9.85 Å². The van der Waals surface area contributed by atoms with Gasteiger partial charge in [-0.3, -0.25) is 34.7 Å². The van der Waals surface area contributed by atoms with Crippen molar-refractivity contribution in [1.29, 1.82) is 0 Å². The summed E-state index contributed by atoms with van der Waals surface area (Å²) in [5.74, 6) is -1.28. The molecule has 0 spiro atoms. The largest absolute Gasteiger partial charge is 0.329 e. The number of benzene rings is 2. The van der Waals surface area contributed by atoms with Crippen molar-refractivity contribution < 1.29 is 19.4 Å². The highest BCUT2D eigenvalue weighted by Crippen LogP contribution is 2.17. The zero-order chi connectivity index (χ0) is 21.4. The van der Waals surface area contributed by atoms with E-state index in [9.17, 15) is 29.8 Å². The van der Waals surface area contributed by atoms with Crippen LogP contribution in [0.4, 0.5) is 11.4 Å². The first-order valence-corrected chi connectivity index (χ1v) is 8.61. The maximum Gasteiger partial charge on any atom is 0.269 e. The van der Waals surface area contributed by atoms with E-state index in [1.807, 2.05) is 0 Å². The fraction of sp³-hybridized carbons (Fsp3) is 0.222. The number of amides is 2. The van der Waals surface area contributed by atoms with Crippen LogP contribution in [0.1, 0.15) is 20.7 Å². The fourth-order valence-electron chi connectivity index (χ4n) is 2.48. The number of nitrogens with one attached hydrogen (secondary N) is 1. The van der Waals surface area contributed by atoms with Crippen LogP contribution in [0.25, 0.3) is 0 Å². The highest BCUT2D eigenvalue weighted by molar-refractivity contribution is 6.10. The van der Waals surface area contributed by atoms with E-state index in [0.717, 1.165) is 4.90 Å². The predicted octanol–water partition coefficient (Wildman–Crippen LogP) is 1.33. The van der Waals surface area contributed by atoms with Crippen molar-refractivity contribution in [2.75, 3.05) is 26.2 Å². The van der Waals surface area contributed by atoms with Crippen molar-refractivity contribution in [2.24, 2.45) is 5.73 Å². The standard InChI is InChI=1S/C18H19N5O6/c19-9-10-20-11-12-21(17(24)13-1-5-15(6-2-13)22(26)27)18(25)14-3-7-16(8-4-14)23(28)29/h1-8,20H,9-12,19H2. The van der Waals surface area contributed by atoms with E-state index in [2.05, 4.69) is 5.32 Å². The minimum Gasteiger partial charge on any atom is -0.329 e. The van der Waals surface area contributed by atoms with Gasteiger partial charge in [0.2, 0.25) is 0 Å². The Morgan fingerprint density at radius 3 is 1.59 bits per heavy atom. The topological polar surface area (TPSA) is 162 Å². The Morgan fingerprint density at radius 1 is 0.828 bits per heavy atom. The first-order valence-electron chi connectivity index (χ1n) is 8.61. The lowest BCUT2D eigenvalue weighted by Gasteiger charge is -2.21. The van der Waals surface area contributed by atoms with E-state index in [0.29, 0.717) is 13.1 Å². The summed E-state index contributed by atoms with van der Waals surface area (Å²) < 4.78 is 0. The molecular weight excluding hydrogens is 382 g/mol. The summed E-state index contributed by atoms with van der Waals surface area (Å²) in [6.45, 7) is 1.18. The molecule has 0 atom stereocenters. The van der Waals surface area contributed by atoms with Crippen molar-refractivity contribution in [3.63, 3.8) is 0 Å². The van der Waals surface area contributed by atoms with Crippen LogP contribution in [-0.4, -0.2) is 52.7 Å². The summed E-state index contributed by atoms with van der Waals surface area (Å²) >= 11 is 0. The minimum atomic E-state index is -0.641. The monoisotopic (exact) mass is 401 g/mol. The van der Waals surface area contributed by atoms with E-state index in [1.54, 1.807) is 0 Å². The van der Waals surface area contributed by atoms with Crippen LogP contribution in [0, 0.1) is 20.2 Å². The minimum absolute atomic E-state index is 0.0195. The number of nitro groups is 2. The van der Waals surface area contributed by atoms with E-state index < -0.39 is 21.7 Å². The SMILES string of the molecule is NCCNCCN(C(=O)c1ccc([N+](=O)[O-])cc1)C(=O)c1ccc([N+](=O)[O-])cc1. The van der Waals surface area contributed by atoms with Crippen molar-refractivity contribution in [3.05, 3.63) is 79.9 Å². The van der Waals surface area contributed by atoms with Crippen molar-refractivity contribution in [3.8, 4) is 0 Å². The van der Waals surface area contributed by atoms with Gasteiger partial charge in [0.15, 0.2) is 0 Å². The second kappa shape index (κ2) is 10.0. The van der Waals surface area contributed by atoms with Gasteiger partial charge in [-0.1, -0.05) is 0 Å². The molecule has 0 bridgehead atoms. The maximum absolute atomic E-state index is 12.9. The number of nitro benzene ring substituents is 2. The van der Waals surface area contributed by atoms with E-state index in [1.165, 1.54) is 48.5 Å². The zero-order valence-corrected chi connectivity index (χ0v) is 15.3. The lowest BCUT2D eigenvalue weighted by Crippen LogP contribution is -2.42. The smallest absolute Gasteiger partial charge is 0.269 e. The Hall–Kier alpha value is -3.70. The van der Waals surface area contributed by atoms with Crippen LogP contribution in [0.5, 0.6) is 0 Å². The molecule has 0 radical (unpaired) electrons. The normalized spacial score (nSPS) is 10.4. The molecular formula is C18H19N5O6. The van der Waals surface area contributed by atoms with Gasteiger partial charge in [0, 0.05) is 61.6 Å². The van der Waals surface area contributed by atoms with Gasteiger partial charge in [-0.15, -0.1) is 0 Å². The molecule has 0 aromatic heterocycles. The summed E-state index contributed by atoms with van der Waals surface area (Å²) in [4.78, 5) is 47.1. The van der Waals surface area contributed by atoms with Gasteiger partial charge in [-0.05, 0) is 24.3 Å². The molecule has 0 saturated heterocycles. The lowest BCUT2D eigenvalue weighted by molar-refractivity contribution is -0.385. The number of nitrogens with zero attached hydrogens (tertiary/aromatic N) is 3. The molecule has 0 aliphatic rings. The molecule has 2 rings (SSSR count). The second-order valence-electron chi connectivity index (χ2n) is 5.91. The molecule has 0 unspecified atom stereocenters. The van der Waals surface area contributed by atoms with Gasteiger partial charge >= 0.3 is 0 Å². The number of hydrogen-bond acceptors (Lipinski definition) is 8. The molecule has 0 aliphatic heterocycles. The second-order valence-corrected chi connectivity index (χ2v) is 5.91. The number of hydrogen-bond donors (Lipinski definition) is 2. The Morgan fingerprint density at radius 2 is 1.24 bits per heavy atom. The van der Waals surface area contributed by atoms with Crippen LogP contribution >= 0.6 is 0 Å². The van der Waals surface area contributed by atoms with Crippen molar-refractivity contribution in [1.82, 2.24) is 10.2 Å². The Bertz CT molecular complexity index is 828. The van der Waals surface area contributed by atoms with Gasteiger partial charge < -0.3 is 11.1 Å². The molecule has 2 aromatic rings. The van der Waals surface area contributed by atoms with E-state index in [4.69, 9.17) is 5.73 Å². The summed E-state index contributed by atoms with van der Waals surface area (Å²) in [6, 6.07) is 9.77. The summed E-state index contributed by atoms with van der Waals surface area (Å²) in [7, 11) is 0. The third-order valence-electron chi connectivity index (χ3n) is 3.97. The Labute approximate surface area is 165 Å². The van der Waals surface area contributed by atoms with Gasteiger partial charge in [-0.25, -0.2) is 0 Å². The summed E-state index contributed by atoms with van der Waals surface area (Å²) in [5.41, 5.74) is 5.25. The number of carbonyl (C=O) groups is 2. The molecule has 11 nitrogen and oxygen atoms in total. The molecule has 0 fully saturated rings. The molecule has 2 aromatic carbocycles. The fourth-order valence-corrected chi connectivity index (χ4v) is 2.48. The zero-order valence-electron chi connectivity index (χ0n) is 15.3. The molecule has 152 valence electrons. The third-order valence-corrected chi connectivity index (χ3v) is 3.97. The number of imide groups is 1. The molecule has 0 saturated carbocycles. The number of non-ortho nitro benzene ring substituents is 2. The first-order chi connectivity index (χ1) is 13.8. The Balaban J connectivity index is 2.26. The summed E-state index contributed by atoms with van der Waals surface area (Å²) in [6.07, 6.45) is 0. The van der Waals surface area contributed by atoms with Crippen molar-refractivity contribution >= 4 is 23.2 Å². The van der Waals surface area contributed by atoms with E-state index in [-0.39, 0.29) is 35.6 Å². The molecule has 11 heteroatoms. The van der Waals surface area contributed by atoms with Crippen LogP contribution in [0.2, 0.25) is 0 Å². The lowest BCUT2D eigenvalue weighted by atomic mass is 10.1. The molecule has 2 amide bonds. The van der Waals surface area contributed by atoms with Gasteiger partial charge in [-0.2, -0.15) is 0 Å². The average molecular weight is 401 g/mol. The van der Waals surface area contributed by atoms with E-state index >= 15 is 0 Å². The molecule has 3 N–H and O–H groups in total. The third kappa shape index (κ3) is 5.64. The van der Waals surface area contributed by atoms with Crippen molar-refractivity contribution in [2.45, 2.75) is 0 Å². The molecule has 0 heterocycles. The van der Waals surface area contributed by atoms with Crippen LogP contribution in [-0.2, 0) is 0 Å². The number of nitrogens with two attached hydrogens (primary N) is 1. The Kier molecular flexibility index (Phi) is 7.46. The average Bonchev–Trinajstić information content (AvgIpc) is 2.73. The van der Waals surface area contributed by atoms with Gasteiger partial charge in [0.1, 0.15) is 0 Å². The van der Waals surface area contributed by atoms with Crippen LogP contribution in [0.15, 0.2) is 48.5 Å².